The van der Waals surface area contributed by atoms with Crippen molar-refractivity contribution in [2.75, 3.05) is 0 Å². The molecule has 0 radical (unpaired) electrons. The smallest absolute Gasteiger partial charge is 0.259 e. The molecule has 0 aromatic carbocycles. The summed E-state index contributed by atoms with van der Waals surface area (Å²) in [6, 6.07) is 0. The molecule has 1 aliphatic carbocycles. The molecule has 17 heavy (non-hydrogen) atoms. The Bertz CT molecular complexity index is 406. The van der Waals surface area contributed by atoms with Crippen LogP contribution in [-0.4, -0.2) is 18.4 Å². The summed E-state index contributed by atoms with van der Waals surface area (Å²) in [7, 11) is 0. The molecular formula is C13H16N2O2. The van der Waals surface area contributed by atoms with Crippen molar-refractivity contribution >= 4 is 18.4 Å². The Morgan fingerprint density at radius 2 is 2.41 bits per heavy atom. The fraction of sp³-hybridized carbons (Fsp3) is 0.308. The largest absolute Gasteiger partial charge is 0.322 e. The average Bonchev–Trinajstić information content (AvgIpc) is 2.36. The Morgan fingerprint density at radius 3 is 2.88 bits per heavy atom. The minimum atomic E-state index is -0.477. The summed E-state index contributed by atoms with van der Waals surface area (Å²) in [6.07, 6.45) is 10.3. The number of nitrogens with one attached hydrogen (secondary N) is 2. The predicted molar refractivity (Wildman–Crippen MR) is 66.7 cm³/mol. The maximum Gasteiger partial charge on any atom is 0.259 e. The van der Waals surface area contributed by atoms with Crippen LogP contribution in [0.2, 0.25) is 0 Å². The summed E-state index contributed by atoms with van der Waals surface area (Å²) >= 11 is 0. The van der Waals surface area contributed by atoms with E-state index in [9.17, 15) is 9.59 Å². The van der Waals surface area contributed by atoms with Gasteiger partial charge in [0.25, 0.3) is 5.91 Å². The van der Waals surface area contributed by atoms with Crippen LogP contribution >= 0.6 is 0 Å². The number of carbonyl (C=O) groups excluding carboxylic acids is 2. The molecule has 1 amide bonds. The van der Waals surface area contributed by atoms with E-state index in [1.165, 1.54) is 6.08 Å². The first-order valence-corrected chi connectivity index (χ1v) is 5.57. The second-order valence-electron chi connectivity index (χ2n) is 3.78. The van der Waals surface area contributed by atoms with Gasteiger partial charge in [-0.05, 0) is 30.9 Å². The normalized spacial score (nSPS) is 19.5. The first-order chi connectivity index (χ1) is 8.21. The summed E-state index contributed by atoms with van der Waals surface area (Å²) < 4.78 is 0. The summed E-state index contributed by atoms with van der Waals surface area (Å²) in [6.45, 7) is 2.11. The van der Waals surface area contributed by atoms with E-state index in [0.29, 0.717) is 17.9 Å². The Hall–Kier alpha value is -1.97. The van der Waals surface area contributed by atoms with Gasteiger partial charge in [-0.3, -0.25) is 9.59 Å². The van der Waals surface area contributed by atoms with Crippen LogP contribution < -0.4 is 5.32 Å². The van der Waals surface area contributed by atoms with Gasteiger partial charge in [0.1, 0.15) is 0 Å². The van der Waals surface area contributed by atoms with Crippen LogP contribution in [-0.2, 0) is 9.59 Å². The van der Waals surface area contributed by atoms with E-state index in [1.807, 2.05) is 12.2 Å². The van der Waals surface area contributed by atoms with Gasteiger partial charge >= 0.3 is 0 Å². The molecule has 0 bridgehead atoms. The Kier molecular flexibility index (Phi) is 5.07. The maximum absolute atomic E-state index is 11.6. The predicted octanol–water partition coefficient (Wildman–Crippen LogP) is 1.75. The van der Waals surface area contributed by atoms with E-state index in [2.05, 4.69) is 18.3 Å². The van der Waals surface area contributed by atoms with Gasteiger partial charge in [-0.25, -0.2) is 0 Å². The molecule has 90 valence electrons. The van der Waals surface area contributed by atoms with Crippen LogP contribution in [0.3, 0.4) is 0 Å². The van der Waals surface area contributed by atoms with Gasteiger partial charge in [-0.15, -0.1) is 0 Å². The second kappa shape index (κ2) is 6.58. The molecule has 1 atom stereocenters. The van der Waals surface area contributed by atoms with Crippen molar-refractivity contribution in [1.29, 1.82) is 5.41 Å². The molecule has 0 saturated carbocycles. The molecule has 0 aliphatic heterocycles. The molecule has 0 saturated heterocycles. The highest BCUT2D eigenvalue weighted by molar-refractivity contribution is 6.13. The number of hydrogen-bond donors (Lipinski definition) is 2. The summed E-state index contributed by atoms with van der Waals surface area (Å²) in [5.41, 5.74) is 0.657. The van der Waals surface area contributed by atoms with Crippen LogP contribution in [0.15, 0.2) is 35.6 Å². The third kappa shape index (κ3) is 3.83. The standard InChI is InChI=1S/C13H16N2O2/c1-2-10-3-5-12(6-4-10)15-13(17)11(9-16)7-8-14/h3,5-10,14H,2,4H2,1H3,(H,15,17). The zero-order chi connectivity index (χ0) is 12.7. The number of allylic oxidation sites excluding steroid dienone is 4. The van der Waals surface area contributed by atoms with Gasteiger partial charge in [0, 0.05) is 11.9 Å². The van der Waals surface area contributed by atoms with E-state index < -0.39 is 5.91 Å². The molecule has 2 N–H and O–H groups in total. The van der Waals surface area contributed by atoms with Crippen molar-refractivity contribution in [3.63, 3.8) is 0 Å². The molecule has 0 aromatic rings. The highest BCUT2D eigenvalue weighted by Crippen LogP contribution is 2.17. The fourth-order valence-corrected chi connectivity index (χ4v) is 1.52. The maximum atomic E-state index is 11.6. The number of aldehydes is 1. The summed E-state index contributed by atoms with van der Waals surface area (Å²) in [5, 5.41) is 9.46. The molecule has 0 heterocycles. The van der Waals surface area contributed by atoms with Gasteiger partial charge in [0.2, 0.25) is 0 Å². The number of amides is 1. The first kappa shape index (κ1) is 13.1. The third-order valence-corrected chi connectivity index (χ3v) is 2.62. The third-order valence-electron chi connectivity index (χ3n) is 2.62. The minimum absolute atomic E-state index is 0.0492. The number of hydrogen-bond acceptors (Lipinski definition) is 3. The highest BCUT2D eigenvalue weighted by Gasteiger charge is 2.11. The topological polar surface area (TPSA) is 70.0 Å². The zero-order valence-electron chi connectivity index (χ0n) is 9.77. The van der Waals surface area contributed by atoms with Crippen molar-refractivity contribution in [3.8, 4) is 0 Å². The van der Waals surface area contributed by atoms with Gasteiger partial charge < -0.3 is 10.7 Å². The van der Waals surface area contributed by atoms with E-state index in [-0.39, 0.29) is 5.57 Å². The lowest BCUT2D eigenvalue weighted by Crippen LogP contribution is -2.25. The van der Waals surface area contributed by atoms with Crippen molar-refractivity contribution in [1.82, 2.24) is 5.32 Å². The Labute approximate surface area is 101 Å². The quantitative estimate of drug-likeness (QED) is 0.249. The molecule has 0 fully saturated rings. The summed E-state index contributed by atoms with van der Waals surface area (Å²) in [4.78, 5) is 22.2. The van der Waals surface area contributed by atoms with Crippen LogP contribution in [0, 0.1) is 11.3 Å². The number of rotatable bonds is 5. The number of carbonyl (C=O) groups is 2. The lowest BCUT2D eigenvalue weighted by molar-refractivity contribution is -0.118. The van der Waals surface area contributed by atoms with Gasteiger partial charge in [-0.2, -0.15) is 0 Å². The Morgan fingerprint density at radius 1 is 1.65 bits per heavy atom. The van der Waals surface area contributed by atoms with Crippen molar-refractivity contribution in [2.45, 2.75) is 19.8 Å². The average molecular weight is 232 g/mol. The van der Waals surface area contributed by atoms with Crippen LogP contribution in [0.25, 0.3) is 0 Å². The lowest BCUT2D eigenvalue weighted by Gasteiger charge is -2.14. The minimum Gasteiger partial charge on any atom is -0.322 e. The van der Waals surface area contributed by atoms with Crippen molar-refractivity contribution < 1.29 is 9.59 Å². The van der Waals surface area contributed by atoms with Gasteiger partial charge in [-0.1, -0.05) is 19.1 Å². The van der Waals surface area contributed by atoms with Gasteiger partial charge in [0.05, 0.1) is 5.57 Å². The lowest BCUT2D eigenvalue weighted by atomic mass is 9.97. The zero-order valence-corrected chi connectivity index (χ0v) is 9.77. The molecule has 4 nitrogen and oxygen atoms in total. The molecule has 0 spiro atoms. The van der Waals surface area contributed by atoms with Crippen molar-refractivity contribution in [3.05, 3.63) is 35.6 Å². The van der Waals surface area contributed by atoms with Gasteiger partial charge in [0.15, 0.2) is 6.29 Å². The Balaban J connectivity index is 2.62. The second-order valence-corrected chi connectivity index (χ2v) is 3.78. The molecule has 1 unspecified atom stereocenters. The van der Waals surface area contributed by atoms with Crippen LogP contribution in [0.1, 0.15) is 19.8 Å². The van der Waals surface area contributed by atoms with Crippen LogP contribution in [0.5, 0.6) is 0 Å². The molecule has 0 aromatic heterocycles. The molecule has 1 rings (SSSR count). The highest BCUT2D eigenvalue weighted by atomic mass is 16.2. The van der Waals surface area contributed by atoms with E-state index in [0.717, 1.165) is 19.1 Å². The summed E-state index contributed by atoms with van der Waals surface area (Å²) in [5.74, 6) is 0.0488. The SMILES string of the molecule is CCC1C=CC(NC(=O)C(C=O)=CC=N)=CC1. The fourth-order valence-electron chi connectivity index (χ4n) is 1.52. The van der Waals surface area contributed by atoms with E-state index >= 15 is 0 Å². The molecule has 4 heteroatoms. The molecular weight excluding hydrogens is 216 g/mol. The van der Waals surface area contributed by atoms with Crippen LogP contribution in [0.4, 0.5) is 0 Å². The van der Waals surface area contributed by atoms with Crippen molar-refractivity contribution in [2.24, 2.45) is 5.92 Å². The van der Waals surface area contributed by atoms with E-state index in [1.54, 1.807) is 0 Å². The van der Waals surface area contributed by atoms with E-state index in [4.69, 9.17) is 5.41 Å². The monoisotopic (exact) mass is 232 g/mol. The first-order valence-electron chi connectivity index (χ1n) is 5.57. The molecule has 1 aliphatic rings.